The van der Waals surface area contributed by atoms with Crippen LogP contribution in [-0.4, -0.2) is 20.4 Å². The lowest BCUT2D eigenvalue weighted by atomic mass is 10.1. The molecule has 2 heterocycles. The van der Waals surface area contributed by atoms with Gasteiger partial charge in [-0.05, 0) is 43.7 Å². The van der Waals surface area contributed by atoms with Crippen LogP contribution in [0.2, 0.25) is 0 Å². The summed E-state index contributed by atoms with van der Waals surface area (Å²) >= 11 is 1.60. The maximum atomic E-state index is 12.2. The topological polar surface area (TPSA) is 39.8 Å². The van der Waals surface area contributed by atoms with Crippen molar-refractivity contribution in [3.8, 4) is 17.5 Å². The van der Waals surface area contributed by atoms with Crippen LogP contribution in [0.5, 0.6) is 0 Å². The molecule has 0 aliphatic heterocycles. The number of nitrogens with zero attached hydrogens (tertiary/aromatic N) is 3. The molecule has 0 saturated carbocycles. The van der Waals surface area contributed by atoms with E-state index in [0.29, 0.717) is 11.7 Å². The van der Waals surface area contributed by atoms with Crippen molar-refractivity contribution in [2.45, 2.75) is 19.7 Å². The molecule has 0 bridgehead atoms. The molecule has 3 rings (SSSR count). The van der Waals surface area contributed by atoms with Gasteiger partial charge in [0.05, 0.1) is 11.6 Å². The summed E-state index contributed by atoms with van der Waals surface area (Å²) in [4.78, 5) is 16.5. The Morgan fingerprint density at radius 3 is 2.68 bits per heavy atom. The van der Waals surface area contributed by atoms with Crippen LogP contribution in [-0.2, 0) is 5.88 Å². The Hall–Kier alpha value is -2.71. The van der Waals surface area contributed by atoms with Crippen LogP contribution in [0.3, 0.4) is 0 Å². The molecule has 0 aliphatic rings. The molecule has 0 unspecified atom stereocenters. The molecule has 3 aromatic rings. The van der Waals surface area contributed by atoms with Gasteiger partial charge < -0.3 is 4.57 Å². The largest absolute Gasteiger partial charge is 0.306 e. The highest BCUT2D eigenvalue weighted by Crippen LogP contribution is 2.11. The van der Waals surface area contributed by atoms with E-state index in [4.69, 9.17) is 0 Å². The van der Waals surface area contributed by atoms with E-state index >= 15 is 0 Å². The molecule has 4 nitrogen and oxygen atoms in total. The lowest BCUT2D eigenvalue weighted by Crippen LogP contribution is -2.18. The molecule has 2 aromatic heterocycles. The minimum Gasteiger partial charge on any atom is -0.306 e. The van der Waals surface area contributed by atoms with E-state index in [1.54, 1.807) is 34.8 Å². The van der Waals surface area contributed by atoms with Crippen molar-refractivity contribution >= 4 is 11.8 Å². The van der Waals surface area contributed by atoms with Crippen LogP contribution in [0.4, 0.5) is 0 Å². The first-order valence-electron chi connectivity index (χ1n) is 7.91. The monoisotopic (exact) mass is 349 g/mol. The predicted octanol–water partition coefficient (Wildman–Crippen LogP) is 3.37. The Morgan fingerprint density at radius 2 is 1.96 bits per heavy atom. The van der Waals surface area contributed by atoms with Crippen molar-refractivity contribution in [1.29, 1.82) is 0 Å². The number of hydrogen-bond donors (Lipinski definition) is 0. The van der Waals surface area contributed by atoms with Crippen molar-refractivity contribution in [3.05, 3.63) is 81.8 Å². The molecule has 0 saturated heterocycles. The molecule has 0 amide bonds. The highest BCUT2D eigenvalue weighted by atomic mass is 32.2. The average Bonchev–Trinajstić information content (AvgIpc) is 3.04. The fourth-order valence-electron chi connectivity index (χ4n) is 2.57. The molecular formula is C20H19N3OS. The van der Waals surface area contributed by atoms with Gasteiger partial charge in [-0.15, -0.1) is 11.8 Å². The second-order valence-corrected chi connectivity index (χ2v) is 6.64. The van der Waals surface area contributed by atoms with Gasteiger partial charge >= 0.3 is 0 Å². The van der Waals surface area contributed by atoms with Gasteiger partial charge in [-0.25, -0.2) is 4.98 Å². The summed E-state index contributed by atoms with van der Waals surface area (Å²) in [6.07, 6.45) is 7.28. The molecule has 0 spiro atoms. The number of imidazole rings is 1. The Bertz CT molecular complexity index is 1020. The van der Waals surface area contributed by atoms with Crippen LogP contribution in [0, 0.1) is 25.7 Å². The third kappa shape index (κ3) is 3.86. The Balaban J connectivity index is 1.95. The van der Waals surface area contributed by atoms with Crippen molar-refractivity contribution in [1.82, 2.24) is 14.1 Å². The van der Waals surface area contributed by atoms with E-state index in [2.05, 4.69) is 42.8 Å². The summed E-state index contributed by atoms with van der Waals surface area (Å²) in [5.74, 6) is 7.55. The summed E-state index contributed by atoms with van der Waals surface area (Å²) < 4.78 is 3.51. The van der Waals surface area contributed by atoms with E-state index in [9.17, 15) is 4.79 Å². The number of aryl methyl sites for hydroxylation is 2. The number of benzene rings is 1. The van der Waals surface area contributed by atoms with Crippen molar-refractivity contribution in [3.63, 3.8) is 0 Å². The standard InChI is InChI=1S/C20H19N3OS/c1-15-4-5-17(16(2)12-15)6-7-19-21-9-11-23(19)18-8-10-22(14-25-3)20(24)13-18/h4-5,8-13H,14H2,1-3H3. The first-order valence-corrected chi connectivity index (χ1v) is 9.30. The van der Waals surface area contributed by atoms with Crippen molar-refractivity contribution in [2.24, 2.45) is 0 Å². The zero-order valence-electron chi connectivity index (χ0n) is 14.5. The van der Waals surface area contributed by atoms with E-state index in [0.717, 1.165) is 16.8 Å². The maximum Gasteiger partial charge on any atom is 0.253 e. The first-order chi connectivity index (χ1) is 12.1. The molecule has 0 radical (unpaired) electrons. The van der Waals surface area contributed by atoms with Gasteiger partial charge in [0.1, 0.15) is 0 Å². The summed E-state index contributed by atoms with van der Waals surface area (Å²) in [6.45, 7) is 4.12. The maximum absolute atomic E-state index is 12.2. The highest BCUT2D eigenvalue weighted by Gasteiger charge is 2.05. The van der Waals surface area contributed by atoms with Crippen LogP contribution in [0.1, 0.15) is 22.5 Å². The van der Waals surface area contributed by atoms with Gasteiger partial charge in [0.25, 0.3) is 5.56 Å². The molecule has 0 aliphatic carbocycles. The van der Waals surface area contributed by atoms with E-state index in [1.165, 1.54) is 5.56 Å². The van der Waals surface area contributed by atoms with Gasteiger partial charge in [0, 0.05) is 30.2 Å². The molecule has 5 heteroatoms. The van der Waals surface area contributed by atoms with E-state index in [-0.39, 0.29) is 5.56 Å². The molecule has 0 N–H and O–H groups in total. The molecule has 0 atom stereocenters. The minimum atomic E-state index is -0.0335. The fourth-order valence-corrected chi connectivity index (χ4v) is 3.07. The number of aromatic nitrogens is 3. The fraction of sp³-hybridized carbons (Fsp3) is 0.200. The molecule has 1 aromatic carbocycles. The first kappa shape index (κ1) is 17.1. The number of thioether (sulfide) groups is 1. The number of pyridine rings is 1. The third-order valence-electron chi connectivity index (χ3n) is 3.86. The SMILES string of the molecule is CSCn1ccc(-n2ccnc2C#Cc2ccc(C)cc2C)cc1=O. The predicted molar refractivity (Wildman–Crippen MR) is 103 cm³/mol. The quantitative estimate of drug-likeness (QED) is 0.681. The van der Waals surface area contributed by atoms with Crippen LogP contribution in [0.25, 0.3) is 5.69 Å². The zero-order chi connectivity index (χ0) is 17.8. The third-order valence-corrected chi connectivity index (χ3v) is 4.39. The second-order valence-electron chi connectivity index (χ2n) is 5.80. The summed E-state index contributed by atoms with van der Waals surface area (Å²) in [5.41, 5.74) is 4.08. The Labute approximate surface area is 151 Å². The number of hydrogen-bond acceptors (Lipinski definition) is 3. The summed E-state index contributed by atoms with van der Waals surface area (Å²) in [5, 5.41) is 0. The number of rotatable bonds is 3. The molecule has 126 valence electrons. The second kappa shape index (κ2) is 7.45. The van der Waals surface area contributed by atoms with Gasteiger partial charge in [0.2, 0.25) is 0 Å². The smallest absolute Gasteiger partial charge is 0.253 e. The van der Waals surface area contributed by atoms with Gasteiger partial charge in [-0.1, -0.05) is 23.6 Å². The van der Waals surface area contributed by atoms with E-state index in [1.807, 2.05) is 29.2 Å². The van der Waals surface area contributed by atoms with E-state index < -0.39 is 0 Å². The lowest BCUT2D eigenvalue weighted by molar-refractivity contribution is 0.832. The summed E-state index contributed by atoms with van der Waals surface area (Å²) in [6, 6.07) is 9.70. The van der Waals surface area contributed by atoms with Crippen molar-refractivity contribution in [2.75, 3.05) is 6.26 Å². The van der Waals surface area contributed by atoms with Gasteiger partial charge in [-0.3, -0.25) is 9.36 Å². The van der Waals surface area contributed by atoms with Crippen LogP contribution < -0.4 is 5.56 Å². The average molecular weight is 349 g/mol. The van der Waals surface area contributed by atoms with Gasteiger partial charge in [0.15, 0.2) is 5.82 Å². The Morgan fingerprint density at radius 1 is 1.12 bits per heavy atom. The molecule has 25 heavy (non-hydrogen) atoms. The van der Waals surface area contributed by atoms with Gasteiger partial charge in [-0.2, -0.15) is 0 Å². The zero-order valence-corrected chi connectivity index (χ0v) is 15.3. The van der Waals surface area contributed by atoms with Crippen molar-refractivity contribution < 1.29 is 0 Å². The van der Waals surface area contributed by atoms with Crippen LogP contribution in [0.15, 0.2) is 53.7 Å². The molecule has 0 fully saturated rings. The molecular weight excluding hydrogens is 330 g/mol. The summed E-state index contributed by atoms with van der Waals surface area (Å²) in [7, 11) is 0. The normalized spacial score (nSPS) is 10.4. The Kier molecular flexibility index (Phi) is 5.11. The van der Waals surface area contributed by atoms with Crippen LogP contribution >= 0.6 is 11.8 Å². The highest BCUT2D eigenvalue weighted by molar-refractivity contribution is 7.97. The minimum absolute atomic E-state index is 0.0335. The lowest BCUT2D eigenvalue weighted by Gasteiger charge is -2.07.